The molecule has 0 spiro atoms. The molecule has 4 heteroatoms. The number of phenols is 1. The molecule has 0 heterocycles. The van der Waals surface area contributed by atoms with Gasteiger partial charge in [0.05, 0.1) is 5.69 Å². The minimum Gasteiger partial charge on any atom is -0.506 e. The Morgan fingerprint density at radius 2 is 1.88 bits per heavy atom. The summed E-state index contributed by atoms with van der Waals surface area (Å²) in [6, 6.07) is 9.71. The van der Waals surface area contributed by atoms with Gasteiger partial charge < -0.3 is 10.8 Å². The van der Waals surface area contributed by atoms with Crippen molar-refractivity contribution in [1.29, 1.82) is 0 Å². The summed E-state index contributed by atoms with van der Waals surface area (Å²) >= 11 is 0. The zero-order valence-electron chi connectivity index (χ0n) is 8.85. The molecule has 3 nitrogen and oxygen atoms in total. The number of carbonyl (C=O) groups excluding carboxylic acids is 1. The molecule has 0 aliphatic carbocycles. The number of hydrogen-bond donors (Lipinski definition) is 2. The highest BCUT2D eigenvalue weighted by Gasteiger charge is 2.14. The average molecular weight is 231 g/mol. The summed E-state index contributed by atoms with van der Waals surface area (Å²) in [5.74, 6) is -1.07. The Morgan fingerprint density at radius 1 is 1.18 bits per heavy atom. The third kappa shape index (κ3) is 2.10. The van der Waals surface area contributed by atoms with Gasteiger partial charge in [-0.25, -0.2) is 4.39 Å². The van der Waals surface area contributed by atoms with Crippen LogP contribution in [-0.2, 0) is 0 Å². The Hall–Kier alpha value is -2.36. The molecule has 0 bridgehead atoms. The van der Waals surface area contributed by atoms with E-state index in [2.05, 4.69) is 0 Å². The predicted octanol–water partition coefficient (Wildman–Crippen LogP) is 2.34. The Labute approximate surface area is 97.3 Å². The largest absolute Gasteiger partial charge is 0.506 e. The molecule has 0 atom stereocenters. The Balaban J connectivity index is 2.48. The SMILES string of the molecule is Nc1c(O)cccc1C(=O)c1cccc(F)c1. The zero-order chi connectivity index (χ0) is 12.4. The van der Waals surface area contributed by atoms with E-state index in [4.69, 9.17) is 5.73 Å². The van der Waals surface area contributed by atoms with Crippen LogP contribution in [-0.4, -0.2) is 10.9 Å². The van der Waals surface area contributed by atoms with Gasteiger partial charge in [0.1, 0.15) is 11.6 Å². The number of hydrogen-bond acceptors (Lipinski definition) is 3. The molecule has 0 saturated heterocycles. The summed E-state index contributed by atoms with van der Waals surface area (Å²) in [6.07, 6.45) is 0. The smallest absolute Gasteiger partial charge is 0.195 e. The fourth-order valence-corrected chi connectivity index (χ4v) is 1.54. The molecule has 17 heavy (non-hydrogen) atoms. The van der Waals surface area contributed by atoms with Crippen LogP contribution >= 0.6 is 0 Å². The fraction of sp³-hybridized carbons (Fsp3) is 0. The molecular formula is C13H10FNO2. The van der Waals surface area contributed by atoms with E-state index >= 15 is 0 Å². The van der Waals surface area contributed by atoms with Crippen molar-refractivity contribution in [2.24, 2.45) is 0 Å². The second-order valence-corrected chi connectivity index (χ2v) is 3.58. The van der Waals surface area contributed by atoms with Crippen LogP contribution in [0.1, 0.15) is 15.9 Å². The summed E-state index contributed by atoms with van der Waals surface area (Å²) in [6.45, 7) is 0. The minimum absolute atomic E-state index is 0.00163. The zero-order valence-corrected chi connectivity index (χ0v) is 8.85. The lowest BCUT2D eigenvalue weighted by atomic mass is 10.0. The molecule has 2 rings (SSSR count). The van der Waals surface area contributed by atoms with Crippen molar-refractivity contribution in [2.45, 2.75) is 0 Å². The lowest BCUT2D eigenvalue weighted by Gasteiger charge is -2.06. The third-order valence-corrected chi connectivity index (χ3v) is 2.41. The number of aromatic hydroxyl groups is 1. The molecule has 3 N–H and O–H groups in total. The van der Waals surface area contributed by atoms with E-state index in [1.54, 1.807) is 0 Å². The first-order valence-electron chi connectivity index (χ1n) is 4.97. The highest BCUT2D eigenvalue weighted by Crippen LogP contribution is 2.25. The van der Waals surface area contributed by atoms with Crippen LogP contribution in [0.3, 0.4) is 0 Å². The maximum atomic E-state index is 13.0. The topological polar surface area (TPSA) is 63.3 Å². The molecule has 0 aliphatic rings. The lowest BCUT2D eigenvalue weighted by Crippen LogP contribution is -2.05. The Bertz CT molecular complexity index is 581. The van der Waals surface area contributed by atoms with Crippen LogP contribution in [0.25, 0.3) is 0 Å². The number of nitrogen functional groups attached to an aromatic ring is 1. The number of nitrogens with two attached hydrogens (primary N) is 1. The van der Waals surface area contributed by atoms with Crippen molar-refractivity contribution in [1.82, 2.24) is 0 Å². The first-order valence-corrected chi connectivity index (χ1v) is 4.97. The second kappa shape index (κ2) is 4.25. The van der Waals surface area contributed by atoms with Crippen molar-refractivity contribution in [3.05, 3.63) is 59.4 Å². The maximum Gasteiger partial charge on any atom is 0.195 e. The molecule has 0 saturated carbocycles. The van der Waals surface area contributed by atoms with E-state index < -0.39 is 11.6 Å². The number of phenolic OH excluding ortho intramolecular Hbond substituents is 1. The summed E-state index contributed by atoms with van der Waals surface area (Å²) in [5.41, 5.74) is 5.96. The number of rotatable bonds is 2. The van der Waals surface area contributed by atoms with E-state index in [9.17, 15) is 14.3 Å². The second-order valence-electron chi connectivity index (χ2n) is 3.58. The molecule has 2 aromatic rings. The standard InChI is InChI=1S/C13H10FNO2/c14-9-4-1-3-8(7-9)13(17)10-5-2-6-11(16)12(10)15/h1-7,16H,15H2. The fourth-order valence-electron chi connectivity index (χ4n) is 1.54. The Morgan fingerprint density at radius 3 is 2.59 bits per heavy atom. The van der Waals surface area contributed by atoms with Crippen molar-refractivity contribution in [3.63, 3.8) is 0 Å². The quantitative estimate of drug-likeness (QED) is 0.473. The first-order chi connectivity index (χ1) is 8.09. The number of carbonyl (C=O) groups is 1. The van der Waals surface area contributed by atoms with Crippen LogP contribution in [0, 0.1) is 5.82 Å². The minimum atomic E-state index is -0.491. The normalized spacial score (nSPS) is 10.2. The van der Waals surface area contributed by atoms with E-state index in [1.165, 1.54) is 36.4 Å². The molecule has 0 amide bonds. The van der Waals surface area contributed by atoms with Gasteiger partial charge in [-0.15, -0.1) is 0 Å². The maximum absolute atomic E-state index is 13.0. The monoisotopic (exact) mass is 231 g/mol. The van der Waals surface area contributed by atoms with Gasteiger partial charge in [0, 0.05) is 11.1 Å². The van der Waals surface area contributed by atoms with Crippen LogP contribution < -0.4 is 5.73 Å². The van der Waals surface area contributed by atoms with Gasteiger partial charge in [-0.2, -0.15) is 0 Å². The van der Waals surface area contributed by atoms with Crippen LogP contribution in [0.2, 0.25) is 0 Å². The first kappa shape index (κ1) is 11.1. The summed E-state index contributed by atoms with van der Waals surface area (Å²) < 4.78 is 13.0. The van der Waals surface area contributed by atoms with Gasteiger partial charge >= 0.3 is 0 Å². The number of anilines is 1. The van der Waals surface area contributed by atoms with Gasteiger partial charge in [-0.1, -0.05) is 18.2 Å². The molecule has 0 fully saturated rings. The molecule has 86 valence electrons. The number of benzene rings is 2. The van der Waals surface area contributed by atoms with E-state index in [0.29, 0.717) is 0 Å². The van der Waals surface area contributed by atoms with Gasteiger partial charge in [0.2, 0.25) is 0 Å². The van der Waals surface area contributed by atoms with Crippen molar-refractivity contribution in [2.75, 3.05) is 5.73 Å². The van der Waals surface area contributed by atoms with Crippen LogP contribution in [0.15, 0.2) is 42.5 Å². The highest BCUT2D eigenvalue weighted by atomic mass is 19.1. The summed E-state index contributed by atoms with van der Waals surface area (Å²) in [4.78, 5) is 12.0. The van der Waals surface area contributed by atoms with E-state index in [-0.39, 0.29) is 22.6 Å². The number of para-hydroxylation sites is 1. The van der Waals surface area contributed by atoms with E-state index in [1.807, 2.05) is 0 Å². The summed E-state index contributed by atoms with van der Waals surface area (Å²) in [5, 5.41) is 9.40. The predicted molar refractivity (Wildman–Crippen MR) is 62.4 cm³/mol. The average Bonchev–Trinajstić information content (AvgIpc) is 2.32. The highest BCUT2D eigenvalue weighted by molar-refractivity contribution is 6.12. The van der Waals surface area contributed by atoms with Crippen molar-refractivity contribution in [3.8, 4) is 5.75 Å². The molecule has 2 aromatic carbocycles. The molecule has 0 radical (unpaired) electrons. The summed E-state index contributed by atoms with van der Waals surface area (Å²) in [7, 11) is 0. The van der Waals surface area contributed by atoms with Crippen molar-refractivity contribution < 1.29 is 14.3 Å². The van der Waals surface area contributed by atoms with Crippen LogP contribution in [0.4, 0.5) is 10.1 Å². The van der Waals surface area contributed by atoms with Crippen molar-refractivity contribution >= 4 is 11.5 Å². The lowest BCUT2D eigenvalue weighted by molar-refractivity contribution is 0.103. The van der Waals surface area contributed by atoms with Gasteiger partial charge in [0.15, 0.2) is 5.78 Å². The molecular weight excluding hydrogens is 221 g/mol. The molecule has 0 unspecified atom stereocenters. The Kier molecular flexibility index (Phi) is 2.78. The number of halogens is 1. The van der Waals surface area contributed by atoms with Gasteiger partial charge in [-0.05, 0) is 24.3 Å². The van der Waals surface area contributed by atoms with Gasteiger partial charge in [-0.3, -0.25) is 4.79 Å². The number of ketones is 1. The molecule has 0 aromatic heterocycles. The van der Waals surface area contributed by atoms with Crippen LogP contribution in [0.5, 0.6) is 5.75 Å². The third-order valence-electron chi connectivity index (χ3n) is 2.41. The molecule has 0 aliphatic heterocycles. The van der Waals surface area contributed by atoms with Gasteiger partial charge in [0.25, 0.3) is 0 Å². The van der Waals surface area contributed by atoms with E-state index in [0.717, 1.165) is 6.07 Å².